The number of carboxylic acid groups (broad SMARTS) is 1. The van der Waals surface area contributed by atoms with Crippen LogP contribution in [0.25, 0.3) is 0 Å². The summed E-state index contributed by atoms with van der Waals surface area (Å²) in [7, 11) is 0. The number of anilines is 2. The molecule has 0 spiro atoms. The van der Waals surface area contributed by atoms with Gasteiger partial charge in [-0.3, -0.25) is 4.79 Å². The second-order valence-electron chi connectivity index (χ2n) is 4.44. The molecule has 0 bridgehead atoms. The van der Waals surface area contributed by atoms with Gasteiger partial charge in [-0.2, -0.15) is 0 Å². The van der Waals surface area contributed by atoms with E-state index in [1.165, 1.54) is 12.1 Å². The maximum atomic E-state index is 13.7. The van der Waals surface area contributed by atoms with E-state index in [0.29, 0.717) is 11.3 Å². The SMILES string of the molecule is Nc1cccc(CC(=O)Nc2c(F)cccc2C(=O)O)c1. The largest absolute Gasteiger partial charge is 0.478 e. The van der Waals surface area contributed by atoms with Gasteiger partial charge in [0.2, 0.25) is 5.91 Å². The second kappa shape index (κ2) is 6.04. The lowest BCUT2D eigenvalue weighted by molar-refractivity contribution is -0.115. The van der Waals surface area contributed by atoms with E-state index in [0.717, 1.165) is 6.07 Å². The Labute approximate surface area is 120 Å². The van der Waals surface area contributed by atoms with Gasteiger partial charge in [-0.05, 0) is 29.8 Å². The Bertz CT molecular complexity index is 701. The first-order valence-electron chi connectivity index (χ1n) is 6.13. The molecule has 0 saturated heterocycles. The number of aromatic carboxylic acids is 1. The predicted molar refractivity (Wildman–Crippen MR) is 76.5 cm³/mol. The number of carbonyl (C=O) groups excluding carboxylic acids is 1. The molecule has 6 heteroatoms. The molecular weight excluding hydrogens is 275 g/mol. The Hall–Kier alpha value is -2.89. The summed E-state index contributed by atoms with van der Waals surface area (Å²) in [5, 5.41) is 11.3. The van der Waals surface area contributed by atoms with Crippen molar-refractivity contribution >= 4 is 23.3 Å². The van der Waals surface area contributed by atoms with Gasteiger partial charge in [-0.1, -0.05) is 18.2 Å². The maximum absolute atomic E-state index is 13.7. The molecule has 0 aliphatic heterocycles. The third kappa shape index (κ3) is 3.56. The molecular formula is C15H13FN2O3. The molecule has 1 amide bonds. The summed E-state index contributed by atoms with van der Waals surface area (Å²) in [4.78, 5) is 22.9. The number of carboxylic acids is 1. The summed E-state index contributed by atoms with van der Waals surface area (Å²) in [6, 6.07) is 10.3. The minimum atomic E-state index is -1.31. The number of carbonyl (C=O) groups is 2. The van der Waals surface area contributed by atoms with E-state index < -0.39 is 17.7 Å². The molecule has 4 N–H and O–H groups in total. The number of hydrogen-bond acceptors (Lipinski definition) is 3. The Kier molecular flexibility index (Phi) is 4.18. The van der Waals surface area contributed by atoms with Crippen molar-refractivity contribution in [1.82, 2.24) is 0 Å². The molecule has 0 aromatic heterocycles. The maximum Gasteiger partial charge on any atom is 0.337 e. The van der Waals surface area contributed by atoms with Gasteiger partial charge in [0.25, 0.3) is 0 Å². The summed E-state index contributed by atoms with van der Waals surface area (Å²) in [6.07, 6.45) is -0.0293. The highest BCUT2D eigenvalue weighted by Crippen LogP contribution is 2.20. The molecule has 2 aromatic carbocycles. The van der Waals surface area contributed by atoms with Gasteiger partial charge in [-0.25, -0.2) is 9.18 Å². The van der Waals surface area contributed by atoms with E-state index in [4.69, 9.17) is 10.8 Å². The zero-order valence-corrected chi connectivity index (χ0v) is 11.0. The standard InChI is InChI=1S/C15H13FN2O3/c16-12-6-2-5-11(15(20)21)14(12)18-13(19)8-9-3-1-4-10(17)7-9/h1-7H,8,17H2,(H,18,19)(H,20,21). The lowest BCUT2D eigenvalue weighted by Crippen LogP contribution is -2.18. The van der Waals surface area contributed by atoms with Crippen LogP contribution in [0.4, 0.5) is 15.8 Å². The van der Waals surface area contributed by atoms with Gasteiger partial charge < -0.3 is 16.2 Å². The van der Waals surface area contributed by atoms with E-state index in [2.05, 4.69) is 5.32 Å². The van der Waals surface area contributed by atoms with Crippen LogP contribution in [0.15, 0.2) is 42.5 Å². The average molecular weight is 288 g/mol. The summed E-state index contributed by atoms with van der Waals surface area (Å²) >= 11 is 0. The van der Waals surface area contributed by atoms with Crippen molar-refractivity contribution in [3.8, 4) is 0 Å². The lowest BCUT2D eigenvalue weighted by Gasteiger charge is -2.09. The summed E-state index contributed by atoms with van der Waals surface area (Å²) in [6.45, 7) is 0. The predicted octanol–water partition coefficient (Wildman–Crippen LogP) is 2.29. The van der Waals surface area contributed by atoms with Crippen molar-refractivity contribution in [1.29, 1.82) is 0 Å². The van der Waals surface area contributed by atoms with Crippen LogP contribution in [0.5, 0.6) is 0 Å². The van der Waals surface area contributed by atoms with Crippen LogP contribution in [0, 0.1) is 5.82 Å². The minimum Gasteiger partial charge on any atom is -0.478 e. The number of halogens is 1. The van der Waals surface area contributed by atoms with E-state index >= 15 is 0 Å². The topological polar surface area (TPSA) is 92.4 Å². The first kappa shape index (κ1) is 14.5. The molecule has 0 aliphatic rings. The van der Waals surface area contributed by atoms with Crippen molar-refractivity contribution in [2.75, 3.05) is 11.1 Å². The fourth-order valence-corrected chi connectivity index (χ4v) is 1.90. The number of benzene rings is 2. The van der Waals surface area contributed by atoms with Crippen molar-refractivity contribution in [2.45, 2.75) is 6.42 Å². The van der Waals surface area contributed by atoms with Crippen LogP contribution in [-0.2, 0) is 11.2 Å². The van der Waals surface area contributed by atoms with Crippen molar-refractivity contribution in [2.24, 2.45) is 0 Å². The van der Waals surface area contributed by atoms with E-state index in [1.807, 2.05) is 0 Å². The molecule has 2 aromatic rings. The third-order valence-electron chi connectivity index (χ3n) is 2.82. The highest BCUT2D eigenvalue weighted by Gasteiger charge is 2.16. The molecule has 2 rings (SSSR count). The quantitative estimate of drug-likeness (QED) is 0.752. The summed E-state index contributed by atoms with van der Waals surface area (Å²) < 4.78 is 13.7. The summed E-state index contributed by atoms with van der Waals surface area (Å²) in [5.41, 5.74) is 6.14. The van der Waals surface area contributed by atoms with E-state index in [1.54, 1.807) is 24.3 Å². The Morgan fingerprint density at radius 1 is 1.19 bits per heavy atom. The van der Waals surface area contributed by atoms with E-state index in [9.17, 15) is 14.0 Å². The normalized spacial score (nSPS) is 10.1. The lowest BCUT2D eigenvalue weighted by atomic mass is 10.1. The molecule has 0 fully saturated rings. The third-order valence-corrected chi connectivity index (χ3v) is 2.82. The highest BCUT2D eigenvalue weighted by atomic mass is 19.1. The molecule has 108 valence electrons. The number of para-hydroxylation sites is 1. The molecule has 5 nitrogen and oxygen atoms in total. The molecule has 0 saturated carbocycles. The Balaban J connectivity index is 2.18. The van der Waals surface area contributed by atoms with Crippen molar-refractivity contribution in [3.63, 3.8) is 0 Å². The fourth-order valence-electron chi connectivity index (χ4n) is 1.90. The molecule has 0 radical (unpaired) electrons. The number of nitrogen functional groups attached to an aromatic ring is 1. The van der Waals surface area contributed by atoms with Gasteiger partial charge in [0.15, 0.2) is 0 Å². The molecule has 0 heterocycles. The van der Waals surface area contributed by atoms with Crippen LogP contribution >= 0.6 is 0 Å². The number of rotatable bonds is 4. The first-order chi connectivity index (χ1) is 9.97. The minimum absolute atomic E-state index is 0.0293. The highest BCUT2D eigenvalue weighted by molar-refractivity contribution is 6.01. The van der Waals surface area contributed by atoms with Gasteiger partial charge in [-0.15, -0.1) is 0 Å². The smallest absolute Gasteiger partial charge is 0.337 e. The van der Waals surface area contributed by atoms with E-state index in [-0.39, 0.29) is 17.7 Å². The number of amides is 1. The van der Waals surface area contributed by atoms with Crippen molar-refractivity contribution < 1.29 is 19.1 Å². The molecule has 0 aliphatic carbocycles. The van der Waals surface area contributed by atoms with Crippen LogP contribution in [-0.4, -0.2) is 17.0 Å². The molecule has 0 atom stereocenters. The number of nitrogens with two attached hydrogens (primary N) is 1. The molecule has 21 heavy (non-hydrogen) atoms. The van der Waals surface area contributed by atoms with Gasteiger partial charge in [0.05, 0.1) is 17.7 Å². The average Bonchev–Trinajstić information content (AvgIpc) is 2.40. The second-order valence-corrected chi connectivity index (χ2v) is 4.44. The van der Waals surface area contributed by atoms with Crippen molar-refractivity contribution in [3.05, 3.63) is 59.4 Å². The van der Waals surface area contributed by atoms with Gasteiger partial charge in [0, 0.05) is 5.69 Å². The monoisotopic (exact) mass is 288 g/mol. The van der Waals surface area contributed by atoms with Crippen LogP contribution in [0.1, 0.15) is 15.9 Å². The Morgan fingerprint density at radius 3 is 2.57 bits per heavy atom. The first-order valence-corrected chi connectivity index (χ1v) is 6.13. The zero-order chi connectivity index (χ0) is 15.4. The number of hydrogen-bond donors (Lipinski definition) is 3. The Morgan fingerprint density at radius 2 is 1.90 bits per heavy atom. The zero-order valence-electron chi connectivity index (χ0n) is 11.0. The summed E-state index contributed by atoms with van der Waals surface area (Å²) in [5.74, 6) is -2.63. The number of nitrogens with one attached hydrogen (secondary N) is 1. The van der Waals surface area contributed by atoms with Crippen LogP contribution in [0.3, 0.4) is 0 Å². The van der Waals surface area contributed by atoms with Gasteiger partial charge >= 0.3 is 5.97 Å². The van der Waals surface area contributed by atoms with Gasteiger partial charge in [0.1, 0.15) is 5.82 Å². The van der Waals surface area contributed by atoms with Crippen LogP contribution < -0.4 is 11.1 Å². The molecule has 0 unspecified atom stereocenters. The fraction of sp³-hybridized carbons (Fsp3) is 0.0667. The van der Waals surface area contributed by atoms with Crippen LogP contribution in [0.2, 0.25) is 0 Å².